The van der Waals surface area contributed by atoms with Gasteiger partial charge in [-0.3, -0.25) is 0 Å². The molecule has 0 amide bonds. The lowest BCUT2D eigenvalue weighted by molar-refractivity contribution is -0.227. The van der Waals surface area contributed by atoms with Crippen LogP contribution in [0.4, 0.5) is 0 Å². The summed E-state index contributed by atoms with van der Waals surface area (Å²) in [4.78, 5) is 11.3. The quantitative estimate of drug-likeness (QED) is 0.0839. The fourth-order valence-corrected chi connectivity index (χ4v) is 11.4. The van der Waals surface area contributed by atoms with Crippen molar-refractivity contribution in [1.82, 2.24) is 5.32 Å². The molecule has 6 N–H and O–H groups in total. The van der Waals surface area contributed by atoms with Crippen molar-refractivity contribution in [3.63, 3.8) is 0 Å². The molecule has 4 aliphatic rings. The Morgan fingerprint density at radius 3 is 2.29 bits per heavy atom. The lowest BCUT2D eigenvalue weighted by atomic mass is 9.43. The SMILES string of the molecule is CCCCCCCCNCCC[C@@H](C)[C@H]1CC[C@H]2C3[C@H](OCCCN)CC4C[C@H](OCC(=O)O)CCC4(C)[C@H]3C[C@H](OCCCN)C12C. The van der Waals surface area contributed by atoms with Gasteiger partial charge in [0.15, 0.2) is 0 Å². The lowest BCUT2D eigenvalue weighted by Crippen LogP contribution is -2.63. The highest BCUT2D eigenvalue weighted by Crippen LogP contribution is 2.69. The predicted molar refractivity (Wildman–Crippen MR) is 195 cm³/mol. The van der Waals surface area contributed by atoms with Crippen molar-refractivity contribution >= 4 is 5.97 Å². The van der Waals surface area contributed by atoms with E-state index in [4.69, 9.17) is 25.7 Å². The molecule has 48 heavy (non-hydrogen) atoms. The minimum atomic E-state index is -0.881. The van der Waals surface area contributed by atoms with Crippen LogP contribution in [-0.4, -0.2) is 75.4 Å². The molecule has 4 rings (SSSR count). The summed E-state index contributed by atoms with van der Waals surface area (Å²) < 4.78 is 19.7. The van der Waals surface area contributed by atoms with Gasteiger partial charge in [-0.05, 0) is 144 Å². The Hall–Kier alpha value is -0.770. The molecule has 280 valence electrons. The van der Waals surface area contributed by atoms with Crippen LogP contribution in [0, 0.1) is 46.3 Å². The van der Waals surface area contributed by atoms with Crippen molar-refractivity contribution in [2.45, 2.75) is 155 Å². The molecule has 0 heterocycles. The highest BCUT2D eigenvalue weighted by molar-refractivity contribution is 5.68. The molecule has 0 aromatic carbocycles. The van der Waals surface area contributed by atoms with Crippen molar-refractivity contribution < 1.29 is 24.1 Å². The zero-order chi connectivity index (χ0) is 34.6. The third-order valence-electron chi connectivity index (χ3n) is 14.0. The molecular formula is C40H75N3O5. The Morgan fingerprint density at radius 2 is 1.56 bits per heavy atom. The van der Waals surface area contributed by atoms with E-state index < -0.39 is 5.97 Å². The highest BCUT2D eigenvalue weighted by Gasteiger charge is 2.66. The van der Waals surface area contributed by atoms with E-state index in [2.05, 4.69) is 33.0 Å². The molecule has 8 heteroatoms. The largest absolute Gasteiger partial charge is 0.480 e. The monoisotopic (exact) mass is 678 g/mol. The number of ether oxygens (including phenoxy) is 3. The number of carboxylic acids is 1. The second kappa shape index (κ2) is 19.7. The number of rotatable bonds is 23. The van der Waals surface area contributed by atoms with Crippen LogP contribution in [0.25, 0.3) is 0 Å². The average molecular weight is 678 g/mol. The molecule has 0 radical (unpaired) electrons. The molecule has 4 aliphatic carbocycles. The number of aliphatic carboxylic acids is 1. The van der Waals surface area contributed by atoms with E-state index in [1.165, 1.54) is 64.2 Å². The number of carboxylic acid groups (broad SMARTS) is 1. The van der Waals surface area contributed by atoms with Crippen LogP contribution in [-0.2, 0) is 19.0 Å². The normalized spacial score (nSPS) is 36.7. The number of fused-ring (bicyclic) bond motifs is 5. The molecule has 0 aromatic heterocycles. The molecule has 0 saturated heterocycles. The Bertz CT molecular complexity index is 939. The maximum Gasteiger partial charge on any atom is 0.329 e. The maximum atomic E-state index is 11.3. The molecule has 4 unspecified atom stereocenters. The van der Waals surface area contributed by atoms with Crippen LogP contribution < -0.4 is 16.8 Å². The van der Waals surface area contributed by atoms with Crippen molar-refractivity contribution in [2.75, 3.05) is 46.0 Å². The lowest BCUT2D eigenvalue weighted by Gasteiger charge is -2.64. The third-order valence-corrected chi connectivity index (χ3v) is 14.0. The minimum absolute atomic E-state index is 0.0165. The van der Waals surface area contributed by atoms with Gasteiger partial charge in [0.1, 0.15) is 6.61 Å². The maximum absolute atomic E-state index is 11.3. The summed E-state index contributed by atoms with van der Waals surface area (Å²) in [6.45, 7) is 14.8. The topological polar surface area (TPSA) is 129 Å². The van der Waals surface area contributed by atoms with Crippen LogP contribution in [0.15, 0.2) is 0 Å². The molecule has 0 spiro atoms. The summed E-state index contributed by atoms with van der Waals surface area (Å²) >= 11 is 0. The first-order valence-corrected chi connectivity index (χ1v) is 20.4. The first kappa shape index (κ1) is 40.0. The van der Waals surface area contributed by atoms with Crippen molar-refractivity contribution in [3.05, 3.63) is 0 Å². The number of carbonyl (C=O) groups is 1. The van der Waals surface area contributed by atoms with Crippen molar-refractivity contribution in [3.8, 4) is 0 Å². The van der Waals surface area contributed by atoms with Gasteiger partial charge in [-0.1, -0.05) is 59.8 Å². The van der Waals surface area contributed by atoms with Gasteiger partial charge in [-0.15, -0.1) is 0 Å². The summed E-state index contributed by atoms with van der Waals surface area (Å²) in [7, 11) is 0. The van der Waals surface area contributed by atoms with E-state index >= 15 is 0 Å². The van der Waals surface area contributed by atoms with E-state index in [1.54, 1.807) is 0 Å². The molecular weight excluding hydrogens is 602 g/mol. The van der Waals surface area contributed by atoms with Crippen molar-refractivity contribution in [1.29, 1.82) is 0 Å². The first-order valence-electron chi connectivity index (χ1n) is 20.4. The summed E-state index contributed by atoms with van der Waals surface area (Å²) in [6.07, 6.45) is 20.5. The second-order valence-electron chi connectivity index (χ2n) is 16.8. The van der Waals surface area contributed by atoms with E-state index in [-0.39, 0.29) is 35.7 Å². The molecule has 4 fully saturated rings. The number of hydrogen-bond acceptors (Lipinski definition) is 7. The fourth-order valence-electron chi connectivity index (χ4n) is 11.4. The zero-order valence-electron chi connectivity index (χ0n) is 31.4. The molecule has 4 saturated carbocycles. The van der Waals surface area contributed by atoms with Crippen LogP contribution in [0.1, 0.15) is 137 Å². The number of nitrogens with two attached hydrogens (primary N) is 2. The summed E-state index contributed by atoms with van der Waals surface area (Å²) in [6, 6.07) is 0. The Kier molecular flexibility index (Phi) is 16.4. The van der Waals surface area contributed by atoms with E-state index in [0.29, 0.717) is 48.6 Å². The van der Waals surface area contributed by atoms with Crippen LogP contribution in [0.2, 0.25) is 0 Å². The van der Waals surface area contributed by atoms with Crippen LogP contribution >= 0.6 is 0 Å². The van der Waals surface area contributed by atoms with Gasteiger partial charge in [-0.2, -0.15) is 0 Å². The minimum Gasteiger partial charge on any atom is -0.480 e. The van der Waals surface area contributed by atoms with Crippen LogP contribution in [0.5, 0.6) is 0 Å². The Labute approximate surface area is 293 Å². The van der Waals surface area contributed by atoms with E-state index in [1.807, 2.05) is 0 Å². The van der Waals surface area contributed by atoms with Gasteiger partial charge in [0.05, 0.1) is 18.3 Å². The number of nitrogens with one attached hydrogen (secondary N) is 1. The second-order valence-corrected chi connectivity index (χ2v) is 16.8. The van der Waals surface area contributed by atoms with E-state index in [9.17, 15) is 9.90 Å². The van der Waals surface area contributed by atoms with E-state index in [0.717, 1.165) is 71.2 Å². The van der Waals surface area contributed by atoms with Gasteiger partial charge in [0.2, 0.25) is 0 Å². The third kappa shape index (κ3) is 9.76. The predicted octanol–water partition coefficient (Wildman–Crippen LogP) is 7.17. The number of hydrogen-bond donors (Lipinski definition) is 4. The molecule has 11 atom stereocenters. The fraction of sp³-hybridized carbons (Fsp3) is 0.975. The van der Waals surface area contributed by atoms with Crippen LogP contribution in [0.3, 0.4) is 0 Å². The van der Waals surface area contributed by atoms with Gasteiger partial charge < -0.3 is 36.1 Å². The smallest absolute Gasteiger partial charge is 0.329 e. The molecule has 0 bridgehead atoms. The molecule has 0 aliphatic heterocycles. The van der Waals surface area contributed by atoms with Gasteiger partial charge in [-0.25, -0.2) is 4.79 Å². The Morgan fingerprint density at radius 1 is 0.854 bits per heavy atom. The zero-order valence-corrected chi connectivity index (χ0v) is 31.4. The highest BCUT2D eigenvalue weighted by atomic mass is 16.5. The average Bonchev–Trinajstić information content (AvgIpc) is 3.43. The van der Waals surface area contributed by atoms with Gasteiger partial charge >= 0.3 is 5.97 Å². The summed E-state index contributed by atoms with van der Waals surface area (Å²) in [5, 5.41) is 13.0. The standard InChI is InChI=1S/C40H75N3O5/c1-5-6-7-8-9-10-21-43-22-11-14-29(2)32-15-16-33-38-34(27-36(40(32,33)4)47-24-13-20-42)39(3)18-17-31(48-28-37(44)45)25-30(39)26-35(38)46-23-12-19-41/h29-36,38,43H,5-28,41-42H2,1-4H3,(H,44,45)/t29-,30?,31-,32-,33+,34+,35-,36+,38?,39?,40?/m1/s1. The number of unbranched alkanes of at least 4 members (excludes halogenated alkanes) is 5. The molecule has 0 aromatic rings. The van der Waals surface area contributed by atoms with Gasteiger partial charge in [0.25, 0.3) is 0 Å². The van der Waals surface area contributed by atoms with Gasteiger partial charge in [0, 0.05) is 18.6 Å². The summed E-state index contributed by atoms with van der Waals surface area (Å²) in [5.74, 6) is 2.53. The first-order chi connectivity index (χ1) is 23.2. The Balaban J connectivity index is 1.47. The van der Waals surface area contributed by atoms with Crippen molar-refractivity contribution in [2.24, 2.45) is 57.8 Å². The summed E-state index contributed by atoms with van der Waals surface area (Å²) in [5.41, 5.74) is 12.2. The molecule has 8 nitrogen and oxygen atoms in total.